The number of anilines is 1. The largest absolute Gasteiger partial charge is 0.351 e. The van der Waals surface area contributed by atoms with Crippen LogP contribution >= 0.6 is 11.3 Å². The van der Waals surface area contributed by atoms with Crippen molar-refractivity contribution in [2.45, 2.75) is 59.4 Å². The van der Waals surface area contributed by atoms with Gasteiger partial charge in [0.25, 0.3) is 0 Å². The van der Waals surface area contributed by atoms with Crippen molar-refractivity contribution in [3.8, 4) is 0 Å². The van der Waals surface area contributed by atoms with Crippen molar-refractivity contribution in [2.24, 2.45) is 5.41 Å². The van der Waals surface area contributed by atoms with Crippen LogP contribution in [0.15, 0.2) is 0 Å². The molecule has 5 nitrogen and oxygen atoms in total. The van der Waals surface area contributed by atoms with Gasteiger partial charge in [0.05, 0.1) is 0 Å². The van der Waals surface area contributed by atoms with Crippen LogP contribution in [0.1, 0.15) is 58.4 Å². The molecule has 1 amide bonds. The predicted octanol–water partition coefficient (Wildman–Crippen LogP) is 2.79. The van der Waals surface area contributed by atoms with Crippen LogP contribution in [0.2, 0.25) is 0 Å². The summed E-state index contributed by atoms with van der Waals surface area (Å²) in [6.45, 7) is 11.9. The van der Waals surface area contributed by atoms with Gasteiger partial charge in [0.2, 0.25) is 11.0 Å². The van der Waals surface area contributed by atoms with E-state index in [1.807, 2.05) is 20.8 Å². The van der Waals surface area contributed by atoms with Crippen LogP contribution in [-0.2, 0) is 4.79 Å². The fraction of sp³-hybridized carbons (Fsp3) is 0.800. The number of nitrogens with one attached hydrogen (secondary N) is 1. The molecule has 0 spiro atoms. The van der Waals surface area contributed by atoms with E-state index in [2.05, 4.69) is 34.3 Å². The first kappa shape index (κ1) is 16.2. The number of aromatic nitrogens is 2. The minimum absolute atomic E-state index is 0.120. The maximum atomic E-state index is 12.1. The Morgan fingerprint density at radius 1 is 1.38 bits per heavy atom. The summed E-state index contributed by atoms with van der Waals surface area (Å²) in [4.78, 5) is 14.4. The van der Waals surface area contributed by atoms with Gasteiger partial charge in [0.1, 0.15) is 5.01 Å². The summed E-state index contributed by atoms with van der Waals surface area (Å²) >= 11 is 1.66. The molecule has 1 fully saturated rings. The first-order chi connectivity index (χ1) is 9.77. The molecule has 2 rings (SSSR count). The molecular formula is C15H26N4OS. The highest BCUT2D eigenvalue weighted by molar-refractivity contribution is 7.15. The number of hydrogen-bond donors (Lipinski definition) is 1. The maximum Gasteiger partial charge on any atom is 0.225 e. The number of carbonyl (C=O) groups is 1. The number of amides is 1. The highest BCUT2D eigenvalue weighted by Gasteiger charge is 2.28. The van der Waals surface area contributed by atoms with Gasteiger partial charge in [-0.1, -0.05) is 46.0 Å². The fourth-order valence-electron chi connectivity index (χ4n) is 2.26. The van der Waals surface area contributed by atoms with Crippen LogP contribution in [0.25, 0.3) is 0 Å². The van der Waals surface area contributed by atoms with E-state index < -0.39 is 0 Å². The van der Waals surface area contributed by atoms with Gasteiger partial charge < -0.3 is 10.2 Å². The van der Waals surface area contributed by atoms with Crippen molar-refractivity contribution in [3.63, 3.8) is 0 Å². The normalized spacial score (nSPS) is 19.9. The molecule has 0 aromatic carbocycles. The summed E-state index contributed by atoms with van der Waals surface area (Å²) in [5.74, 6) is 0.534. The number of rotatable bonds is 3. The first-order valence-electron chi connectivity index (χ1n) is 7.66. The Kier molecular flexibility index (Phi) is 4.86. The van der Waals surface area contributed by atoms with Gasteiger partial charge in [-0.3, -0.25) is 4.79 Å². The topological polar surface area (TPSA) is 58.1 Å². The molecule has 21 heavy (non-hydrogen) atoms. The molecule has 1 saturated heterocycles. The monoisotopic (exact) mass is 310 g/mol. The van der Waals surface area contributed by atoms with E-state index in [0.29, 0.717) is 5.92 Å². The molecule has 1 aliphatic heterocycles. The Morgan fingerprint density at radius 3 is 2.67 bits per heavy atom. The molecule has 1 aromatic rings. The van der Waals surface area contributed by atoms with Gasteiger partial charge in [-0.05, 0) is 12.8 Å². The number of piperidine rings is 1. The third-order valence-electron chi connectivity index (χ3n) is 3.63. The van der Waals surface area contributed by atoms with Crippen LogP contribution in [-0.4, -0.2) is 35.2 Å². The van der Waals surface area contributed by atoms with E-state index >= 15 is 0 Å². The summed E-state index contributed by atoms with van der Waals surface area (Å²) in [7, 11) is 0. The Hall–Kier alpha value is -1.17. The van der Waals surface area contributed by atoms with E-state index in [1.54, 1.807) is 11.3 Å². The Balaban J connectivity index is 1.98. The Bertz CT molecular complexity index is 492. The van der Waals surface area contributed by atoms with Crippen LogP contribution in [0.4, 0.5) is 5.13 Å². The molecule has 0 aliphatic carbocycles. The van der Waals surface area contributed by atoms with Gasteiger partial charge in [-0.15, -0.1) is 10.2 Å². The molecule has 2 heterocycles. The smallest absolute Gasteiger partial charge is 0.225 e. The third kappa shape index (κ3) is 4.15. The SMILES string of the molecule is CC(C)c1nnc(N2CCCC(NC(=O)C(C)(C)C)C2)s1. The molecule has 6 heteroatoms. The molecule has 1 aliphatic rings. The second-order valence-corrected chi connectivity index (χ2v) is 8.07. The zero-order valence-corrected chi connectivity index (χ0v) is 14.5. The molecule has 0 saturated carbocycles. The summed E-state index contributed by atoms with van der Waals surface area (Å²) in [5, 5.41) is 13.8. The van der Waals surface area contributed by atoms with Crippen molar-refractivity contribution in [1.29, 1.82) is 0 Å². The first-order valence-corrected chi connectivity index (χ1v) is 8.48. The molecule has 1 unspecified atom stereocenters. The maximum absolute atomic E-state index is 12.1. The lowest BCUT2D eigenvalue weighted by atomic mass is 9.94. The second-order valence-electron chi connectivity index (χ2n) is 7.09. The van der Waals surface area contributed by atoms with E-state index in [9.17, 15) is 4.79 Å². The van der Waals surface area contributed by atoms with E-state index in [-0.39, 0.29) is 17.4 Å². The number of hydrogen-bond acceptors (Lipinski definition) is 5. The minimum Gasteiger partial charge on any atom is -0.351 e. The lowest BCUT2D eigenvalue weighted by Gasteiger charge is -2.34. The summed E-state index contributed by atoms with van der Waals surface area (Å²) in [6.07, 6.45) is 2.11. The lowest BCUT2D eigenvalue weighted by Crippen LogP contribution is -2.50. The third-order valence-corrected chi connectivity index (χ3v) is 4.92. The fourth-order valence-corrected chi connectivity index (χ4v) is 3.14. The molecule has 1 aromatic heterocycles. The average molecular weight is 310 g/mol. The lowest BCUT2D eigenvalue weighted by molar-refractivity contribution is -0.129. The summed E-state index contributed by atoms with van der Waals surface area (Å²) in [6, 6.07) is 0.205. The predicted molar refractivity (Wildman–Crippen MR) is 86.8 cm³/mol. The molecule has 1 N–H and O–H groups in total. The van der Waals surface area contributed by atoms with Gasteiger partial charge in [-0.25, -0.2) is 0 Å². The summed E-state index contributed by atoms with van der Waals surface area (Å²) in [5.41, 5.74) is -0.337. The van der Waals surface area contributed by atoms with Gasteiger partial charge in [0, 0.05) is 30.5 Å². The molecule has 118 valence electrons. The number of carbonyl (C=O) groups excluding carboxylic acids is 1. The quantitative estimate of drug-likeness (QED) is 0.932. The van der Waals surface area contributed by atoms with E-state index in [0.717, 1.165) is 36.1 Å². The molecular weight excluding hydrogens is 284 g/mol. The zero-order chi connectivity index (χ0) is 15.6. The number of nitrogens with zero attached hydrogens (tertiary/aromatic N) is 3. The summed E-state index contributed by atoms with van der Waals surface area (Å²) < 4.78 is 0. The van der Waals surface area contributed by atoms with Crippen LogP contribution in [0.3, 0.4) is 0 Å². The highest BCUT2D eigenvalue weighted by atomic mass is 32.1. The van der Waals surface area contributed by atoms with Gasteiger partial charge in [-0.2, -0.15) is 0 Å². The van der Waals surface area contributed by atoms with Crippen molar-refractivity contribution >= 4 is 22.4 Å². The Morgan fingerprint density at radius 2 is 2.10 bits per heavy atom. The standard InChI is InChI=1S/C15H26N4OS/c1-10(2)12-17-18-14(21-12)19-8-6-7-11(9-19)16-13(20)15(3,4)5/h10-11H,6-9H2,1-5H3,(H,16,20). The molecule has 0 radical (unpaired) electrons. The van der Waals surface area contributed by atoms with Gasteiger partial charge in [0.15, 0.2) is 0 Å². The van der Waals surface area contributed by atoms with E-state index in [4.69, 9.17) is 0 Å². The second kappa shape index (κ2) is 6.30. The van der Waals surface area contributed by atoms with Crippen LogP contribution < -0.4 is 10.2 Å². The molecule has 0 bridgehead atoms. The van der Waals surface area contributed by atoms with Crippen molar-refractivity contribution in [1.82, 2.24) is 15.5 Å². The minimum atomic E-state index is -0.337. The van der Waals surface area contributed by atoms with Crippen LogP contribution in [0, 0.1) is 5.41 Å². The van der Waals surface area contributed by atoms with Gasteiger partial charge >= 0.3 is 0 Å². The highest BCUT2D eigenvalue weighted by Crippen LogP contribution is 2.28. The molecule has 1 atom stereocenters. The van der Waals surface area contributed by atoms with Crippen molar-refractivity contribution in [3.05, 3.63) is 5.01 Å². The average Bonchev–Trinajstić information content (AvgIpc) is 2.87. The zero-order valence-electron chi connectivity index (χ0n) is 13.6. The van der Waals surface area contributed by atoms with Crippen molar-refractivity contribution < 1.29 is 4.79 Å². The van der Waals surface area contributed by atoms with E-state index in [1.165, 1.54) is 0 Å². The van der Waals surface area contributed by atoms with Crippen LogP contribution in [0.5, 0.6) is 0 Å². The van der Waals surface area contributed by atoms with Crippen molar-refractivity contribution in [2.75, 3.05) is 18.0 Å². The Labute approximate surface area is 131 Å².